The Morgan fingerprint density at radius 2 is 0.797 bits per heavy atom. The van der Waals surface area contributed by atoms with E-state index in [1.165, 1.54) is 65.6 Å². The van der Waals surface area contributed by atoms with E-state index < -0.39 is 73.5 Å². The molecule has 45 heteroatoms. The number of hydrogen-bond donors (Lipinski definition) is 9. The minimum absolute atomic E-state index is 0. The van der Waals surface area contributed by atoms with Crippen LogP contribution < -0.4 is 170 Å². The van der Waals surface area contributed by atoms with Crippen LogP contribution in [-0.4, -0.2) is 172 Å². The zero-order chi connectivity index (χ0) is 85.8. The SMILES string of the molecule is CC(C)(C)OC(=O)Nc1cccc(N)c1.CCOC(=O)c1cnc(SC)nc1Cl.CCOC(=O)c1cnc(SC)nc1Nc1cccc(NC(=O)OC(C)(C)C)c1.CSc1ncc(C=O)c(Nc2cccc(NC(=O)OC(C)(C)C)c2)n1.CSc1ncc(CO)c(Nc2cccc(NC(=O)OC(C)(C)C)c2)n1.O=CO[O-].[AlH3].[H-].[H-].[K+].[K+].[Li+].[O]=[Mn]=[O]. The van der Waals surface area contributed by atoms with Crippen LogP contribution >= 0.6 is 58.6 Å². The fourth-order valence-corrected chi connectivity index (χ4v) is 9.44. The number of aliphatic hydroxyl groups excluding tert-OH is 1. The van der Waals surface area contributed by atoms with E-state index in [2.05, 4.69) is 82.0 Å². The van der Waals surface area contributed by atoms with Crippen molar-refractivity contribution in [3.8, 4) is 0 Å². The first-order valence-corrected chi connectivity index (χ1v) is 39.7. The van der Waals surface area contributed by atoms with Gasteiger partial charge in [-0.15, -0.1) is 0 Å². The van der Waals surface area contributed by atoms with Gasteiger partial charge in [0.05, 0.1) is 25.4 Å². The van der Waals surface area contributed by atoms with Gasteiger partial charge >= 0.3 is 180 Å². The molecule has 118 heavy (non-hydrogen) atoms. The molecule has 4 aromatic carbocycles. The Balaban J connectivity index is -0.000000453. The Labute approximate surface area is 823 Å². The number of halogens is 1. The number of hydrogen-bond acceptors (Lipinski definition) is 35. The van der Waals surface area contributed by atoms with Crippen molar-refractivity contribution in [1.82, 2.24) is 39.9 Å². The van der Waals surface area contributed by atoms with E-state index in [-0.39, 0.29) is 178 Å². The predicted octanol–water partition coefficient (Wildman–Crippen LogP) is 5.24. The van der Waals surface area contributed by atoms with E-state index in [1.807, 2.05) is 51.9 Å². The van der Waals surface area contributed by atoms with Gasteiger partial charge in [-0.3, -0.25) is 30.9 Å². The minimum atomic E-state index is -1.44. The topological polar surface area (TPSA) is 492 Å². The van der Waals surface area contributed by atoms with Gasteiger partial charge in [-0.25, -0.2) is 68.6 Å². The van der Waals surface area contributed by atoms with Gasteiger partial charge in [-0.1, -0.05) is 82.9 Å². The number of benzene rings is 4. The van der Waals surface area contributed by atoms with Crippen LogP contribution in [0.1, 0.15) is 136 Å². The summed E-state index contributed by atoms with van der Waals surface area (Å²) in [5.74, 6) is 0.248. The number of nitrogens with zero attached hydrogens (tertiary/aromatic N) is 8. The first-order valence-electron chi connectivity index (χ1n) is 33.5. The molecule has 0 radical (unpaired) electrons. The summed E-state index contributed by atoms with van der Waals surface area (Å²) in [7, 11) is 0. The van der Waals surface area contributed by atoms with Gasteiger partial charge in [0.1, 0.15) is 56.1 Å². The molecule has 4 heterocycles. The van der Waals surface area contributed by atoms with Gasteiger partial charge in [-0.05, 0) is 195 Å². The standard InChI is InChI=1S/C19H24N4O4S.C17H22N4O3S.C17H20N4O3S.C11H16N2O2.C8H9ClN2O2S.CH2O3.Al.2K.Li.Mn.2O.5H/c1-6-26-16(24)14-11-20-17(28-5)23-15(14)21-12-8-7-9-13(10-12)22-18(25)27-19(2,3)4;2*1-17(2,3)24-16(23)20-13-7-5-6-12(8-13)19-14-11(10-22)9-18-15(21-14)25-4;1-11(2,3)15-10(14)13-9-6-4-5-8(12)7-9;1-3-13-7(12)5-4-10-8(14-2)11-6(5)9;2-1-4-3;;;;;;;;;;;;/h7-11H,6H2,1-5H3,(H,22,25)(H,20,21,23);5-9,22H,10H2,1-4H3,(H,20,23)(H,18,19,21);5-10H,1-4H3,(H,20,23)(H,18,19,21);4-7H,12H2,1-3H3,(H,13,14);4H,3H2,1-2H3;1,3H;;;;;;;;;;;;/q;;;;;;;3*+1;;;;;;;2*-1/p-1. The molecule has 0 saturated heterocycles. The molecular formula is C73H97AlClK2LiMnN16O19S4. The average molecular weight is 1830 g/mol. The molecule has 0 aliphatic rings. The summed E-state index contributed by atoms with van der Waals surface area (Å²) in [6.07, 6.45) is 11.9. The summed E-state index contributed by atoms with van der Waals surface area (Å²) >= 11 is 9.84. The summed E-state index contributed by atoms with van der Waals surface area (Å²) in [5, 5.41) is 40.1. The van der Waals surface area contributed by atoms with Crippen LogP contribution in [-0.2, 0) is 67.2 Å². The Morgan fingerprint density at radius 1 is 0.500 bits per heavy atom. The van der Waals surface area contributed by atoms with Crippen LogP contribution in [0.15, 0.2) is 142 Å². The molecule has 0 saturated carbocycles. The normalized spacial score (nSPS) is 10.1. The van der Waals surface area contributed by atoms with Crippen molar-refractivity contribution < 1.29 is 229 Å². The number of ether oxygens (including phenoxy) is 6. The van der Waals surface area contributed by atoms with Crippen LogP contribution in [0.2, 0.25) is 5.15 Å². The Hall–Kier alpha value is -6.31. The monoisotopic (exact) mass is 1830 g/mol. The van der Waals surface area contributed by atoms with Crippen molar-refractivity contribution in [3.05, 3.63) is 149 Å². The van der Waals surface area contributed by atoms with Gasteiger partial charge < -0.3 is 68.2 Å². The number of nitrogens with one attached hydrogen (secondary N) is 7. The van der Waals surface area contributed by atoms with E-state index in [0.717, 1.165) is 0 Å². The number of nitrogens with two attached hydrogens (primary N) is 1. The van der Waals surface area contributed by atoms with E-state index in [0.29, 0.717) is 108 Å². The third-order valence-corrected chi connectivity index (χ3v) is 14.6. The summed E-state index contributed by atoms with van der Waals surface area (Å²) in [5.41, 5.74) is 9.64. The third-order valence-electron chi connectivity index (χ3n) is 12.0. The second-order valence-corrected chi connectivity index (χ2v) is 29.4. The molecular weight excluding hydrogens is 1740 g/mol. The zero-order valence-electron chi connectivity index (χ0n) is 70.7. The number of aliphatic hydroxyl groups is 1. The number of nitrogen functional groups attached to an aromatic ring is 1. The molecule has 0 fully saturated rings. The van der Waals surface area contributed by atoms with Gasteiger partial charge in [-0.2, -0.15) is 0 Å². The Kier molecular flexibility index (Phi) is 59.9. The number of rotatable bonds is 21. The van der Waals surface area contributed by atoms with Crippen LogP contribution in [0.5, 0.6) is 0 Å². The molecule has 0 unspecified atom stereocenters. The number of amides is 4. The number of esters is 2. The van der Waals surface area contributed by atoms with Gasteiger partial charge in [0.2, 0.25) is 0 Å². The summed E-state index contributed by atoms with van der Waals surface area (Å²) < 4.78 is 47.5. The van der Waals surface area contributed by atoms with Crippen LogP contribution in [0.3, 0.4) is 0 Å². The van der Waals surface area contributed by atoms with Crippen molar-refractivity contribution in [2.45, 2.75) is 147 Å². The molecule has 4 aromatic heterocycles. The fraction of sp³-hybridized carbons (Fsp3) is 0.342. The number of aldehydes is 1. The summed E-state index contributed by atoms with van der Waals surface area (Å²) in [4.78, 5) is 126. The molecule has 0 spiro atoms. The Bertz CT molecular complexity index is 4540. The quantitative estimate of drug-likeness (QED) is 0.00424. The molecule has 0 aliphatic heterocycles. The zero-order valence-corrected chi connectivity index (χ0v) is 80.1. The van der Waals surface area contributed by atoms with Crippen LogP contribution in [0.4, 0.5) is 82.1 Å². The second-order valence-electron chi connectivity index (χ2n) is 25.8. The molecule has 8 aromatic rings. The van der Waals surface area contributed by atoms with Gasteiger partial charge in [0.15, 0.2) is 44.3 Å². The van der Waals surface area contributed by atoms with Crippen molar-refractivity contribution in [3.63, 3.8) is 0 Å². The van der Waals surface area contributed by atoms with Gasteiger partial charge in [0.25, 0.3) is 6.47 Å². The molecule has 0 aliphatic carbocycles. The van der Waals surface area contributed by atoms with Crippen LogP contribution in [0, 0.1) is 0 Å². The van der Waals surface area contributed by atoms with E-state index in [4.69, 9.17) is 63.5 Å². The van der Waals surface area contributed by atoms with Crippen molar-refractivity contribution in [1.29, 1.82) is 0 Å². The summed E-state index contributed by atoms with van der Waals surface area (Å²) in [6, 6.07) is 28.1. The van der Waals surface area contributed by atoms with Crippen LogP contribution in [0.25, 0.3) is 0 Å². The molecule has 0 atom stereocenters. The van der Waals surface area contributed by atoms with E-state index in [9.17, 15) is 38.7 Å². The number of thioether (sulfide) groups is 4. The number of aromatic nitrogens is 8. The second kappa shape index (κ2) is 61.1. The number of carbonyl (C=O) groups excluding carboxylic acids is 8. The van der Waals surface area contributed by atoms with Crippen molar-refractivity contribution >= 4 is 188 Å². The molecule has 627 valence electrons. The van der Waals surface area contributed by atoms with E-state index >= 15 is 0 Å². The van der Waals surface area contributed by atoms with Crippen molar-refractivity contribution in [2.75, 3.05) is 81.2 Å². The number of anilines is 11. The number of carbonyl (C=O) groups is 8. The molecule has 0 bridgehead atoms. The maximum absolute atomic E-state index is 12.2. The fourth-order valence-electron chi connectivity index (χ4n) is 7.82. The average Bonchev–Trinajstić information content (AvgIpc) is 0.827. The van der Waals surface area contributed by atoms with E-state index in [1.54, 1.807) is 173 Å². The van der Waals surface area contributed by atoms with Crippen molar-refractivity contribution in [2.24, 2.45) is 0 Å². The summed E-state index contributed by atoms with van der Waals surface area (Å²) in [6.45, 7) is 25.3. The molecule has 35 nitrogen and oxygen atoms in total. The maximum atomic E-state index is 12.2. The molecule has 4 amide bonds. The first-order chi connectivity index (χ1) is 53.7. The molecule has 8 rings (SSSR count). The molecule has 10 N–H and O–H groups in total. The Morgan fingerprint density at radius 3 is 1.13 bits per heavy atom. The predicted molar refractivity (Wildman–Crippen MR) is 444 cm³/mol. The first kappa shape index (κ1) is 116. The third kappa shape index (κ3) is 50.2. The van der Waals surface area contributed by atoms with Gasteiger partial charge in [0, 0.05) is 75.8 Å².